The second-order valence-corrected chi connectivity index (χ2v) is 12.0. The first-order valence-electron chi connectivity index (χ1n) is 14.6. The number of nitrogens with two attached hydrogens (primary N) is 1. The molecule has 12 heteroatoms. The van der Waals surface area contributed by atoms with Gasteiger partial charge >= 0.3 is 6.09 Å². The Morgan fingerprint density at radius 3 is 2.55 bits per heavy atom. The maximum absolute atomic E-state index is 13.2. The van der Waals surface area contributed by atoms with Gasteiger partial charge in [0, 0.05) is 64.0 Å². The summed E-state index contributed by atoms with van der Waals surface area (Å²) in [5.74, 6) is 0.726. The average molecular weight is 582 g/mol. The van der Waals surface area contributed by atoms with Crippen LogP contribution in [0.2, 0.25) is 0 Å². The van der Waals surface area contributed by atoms with Gasteiger partial charge in [0.05, 0.1) is 37.3 Å². The fraction of sp³-hybridized carbons (Fsp3) is 0.567. The molecule has 2 aliphatic heterocycles. The Kier molecular flexibility index (Phi) is 8.81. The lowest BCUT2D eigenvalue weighted by Crippen LogP contribution is -2.46. The lowest BCUT2D eigenvalue weighted by molar-refractivity contribution is 0.0158. The minimum Gasteiger partial charge on any atom is -0.488 e. The summed E-state index contributed by atoms with van der Waals surface area (Å²) in [5, 5.41) is 2.92. The summed E-state index contributed by atoms with van der Waals surface area (Å²) in [6.45, 7) is 8.28. The van der Waals surface area contributed by atoms with Crippen LogP contribution in [0.4, 0.5) is 22.0 Å². The van der Waals surface area contributed by atoms with Gasteiger partial charge in [-0.2, -0.15) is 0 Å². The average Bonchev–Trinajstić information content (AvgIpc) is 3.66. The molecule has 1 aliphatic carbocycles. The van der Waals surface area contributed by atoms with E-state index < -0.39 is 11.5 Å². The van der Waals surface area contributed by atoms with E-state index in [1.807, 2.05) is 25.7 Å². The van der Waals surface area contributed by atoms with Gasteiger partial charge in [-0.3, -0.25) is 9.79 Å². The number of carbonyl (C=O) groups is 2. The van der Waals surface area contributed by atoms with Crippen molar-refractivity contribution in [3.63, 3.8) is 0 Å². The summed E-state index contributed by atoms with van der Waals surface area (Å²) >= 11 is 0. The number of nitrogen functional groups attached to an aromatic ring is 1. The van der Waals surface area contributed by atoms with Crippen LogP contribution in [0.1, 0.15) is 70.4 Å². The maximum atomic E-state index is 13.2. The van der Waals surface area contributed by atoms with E-state index in [4.69, 9.17) is 19.9 Å². The van der Waals surface area contributed by atoms with E-state index in [0.29, 0.717) is 48.3 Å². The smallest absolute Gasteiger partial charge is 0.410 e. The number of hydrogen-bond acceptors (Lipinski definition) is 10. The van der Waals surface area contributed by atoms with Crippen LogP contribution in [-0.2, 0) is 9.47 Å². The molecule has 0 radical (unpaired) electrons. The van der Waals surface area contributed by atoms with E-state index in [1.54, 1.807) is 31.6 Å². The van der Waals surface area contributed by atoms with Gasteiger partial charge in [-0.1, -0.05) is 0 Å². The van der Waals surface area contributed by atoms with Crippen LogP contribution in [0.5, 0.6) is 5.75 Å². The molecule has 5 rings (SSSR count). The van der Waals surface area contributed by atoms with Gasteiger partial charge in [0.25, 0.3) is 5.91 Å². The molecule has 3 N–H and O–H groups in total. The molecule has 1 saturated carbocycles. The van der Waals surface area contributed by atoms with Crippen LogP contribution >= 0.6 is 0 Å². The monoisotopic (exact) mass is 581 g/mol. The van der Waals surface area contributed by atoms with E-state index in [2.05, 4.69) is 25.2 Å². The van der Waals surface area contributed by atoms with E-state index in [9.17, 15) is 9.59 Å². The Morgan fingerprint density at radius 1 is 1.14 bits per heavy atom. The van der Waals surface area contributed by atoms with Gasteiger partial charge in [0.2, 0.25) is 0 Å². The number of anilines is 3. The second-order valence-electron chi connectivity index (χ2n) is 12.0. The largest absolute Gasteiger partial charge is 0.488 e. The van der Waals surface area contributed by atoms with Crippen LogP contribution in [0.15, 0.2) is 29.5 Å². The molecule has 12 nitrogen and oxygen atoms in total. The number of aromatic nitrogens is 2. The van der Waals surface area contributed by atoms with Gasteiger partial charge < -0.3 is 35.1 Å². The minimum atomic E-state index is -0.542. The number of nitrogens with zero attached hydrogens (tertiary/aromatic N) is 5. The summed E-state index contributed by atoms with van der Waals surface area (Å²) < 4.78 is 17.3. The SMILES string of the molecule is CN=Cc1cc(NC(=O)c2cnc(N3CC[C@@H](N(C(=O)OC(C)(C)C)C4CC4)C3)cn2)c(OC2CCOCC2)cc1N.[HH]. The molecular formula is C30H43N7O5. The lowest BCUT2D eigenvalue weighted by Gasteiger charge is -2.31. The maximum Gasteiger partial charge on any atom is 0.410 e. The zero-order valence-corrected chi connectivity index (χ0v) is 24.8. The summed E-state index contributed by atoms with van der Waals surface area (Å²) in [6, 6.07) is 3.73. The number of hydrogen-bond donors (Lipinski definition) is 2. The van der Waals surface area contributed by atoms with Crippen molar-refractivity contribution < 1.29 is 25.2 Å². The zero-order chi connectivity index (χ0) is 29.9. The molecule has 0 bridgehead atoms. The molecule has 3 aliphatic rings. The predicted octanol–water partition coefficient (Wildman–Crippen LogP) is 4.14. The van der Waals surface area contributed by atoms with Crippen LogP contribution in [0.25, 0.3) is 0 Å². The third kappa shape index (κ3) is 7.28. The quantitative estimate of drug-likeness (QED) is 0.347. The van der Waals surface area contributed by atoms with Crippen molar-refractivity contribution in [2.24, 2.45) is 4.99 Å². The van der Waals surface area contributed by atoms with E-state index in [-0.39, 0.29) is 31.4 Å². The number of rotatable bonds is 8. The topological polar surface area (TPSA) is 145 Å². The third-order valence-electron chi connectivity index (χ3n) is 7.46. The van der Waals surface area contributed by atoms with Crippen LogP contribution < -0.4 is 20.7 Å². The first kappa shape index (κ1) is 29.6. The van der Waals surface area contributed by atoms with Crippen molar-refractivity contribution in [1.29, 1.82) is 0 Å². The van der Waals surface area contributed by atoms with E-state index >= 15 is 0 Å². The molecule has 0 unspecified atom stereocenters. The number of aliphatic imine (C=N–C) groups is 1. The summed E-state index contributed by atoms with van der Waals surface area (Å²) in [5.41, 5.74) is 7.50. The molecule has 1 aromatic carbocycles. The third-order valence-corrected chi connectivity index (χ3v) is 7.46. The Balaban J connectivity index is 0.00000423. The summed E-state index contributed by atoms with van der Waals surface area (Å²) in [6.07, 6.45) is 8.74. The first-order valence-corrected chi connectivity index (χ1v) is 14.6. The van der Waals surface area contributed by atoms with Crippen LogP contribution in [-0.4, -0.2) is 90.2 Å². The Hall–Kier alpha value is -3.93. The first-order chi connectivity index (χ1) is 20.1. The van der Waals surface area contributed by atoms with E-state index in [0.717, 1.165) is 38.6 Å². The van der Waals surface area contributed by atoms with Crippen molar-refractivity contribution in [1.82, 2.24) is 14.9 Å². The van der Waals surface area contributed by atoms with Crippen molar-refractivity contribution in [3.05, 3.63) is 35.8 Å². The van der Waals surface area contributed by atoms with Crippen molar-refractivity contribution in [3.8, 4) is 5.75 Å². The van der Waals surface area contributed by atoms with Gasteiger partial charge in [-0.05, 0) is 46.1 Å². The molecule has 3 fully saturated rings. The molecule has 3 heterocycles. The molecular weight excluding hydrogens is 538 g/mol. The lowest BCUT2D eigenvalue weighted by atomic mass is 10.1. The van der Waals surface area contributed by atoms with Gasteiger partial charge in [0.15, 0.2) is 0 Å². The number of nitrogens with one attached hydrogen (secondary N) is 1. The highest BCUT2D eigenvalue weighted by molar-refractivity contribution is 6.04. The molecule has 2 amide bonds. The number of ether oxygens (including phenoxy) is 3. The van der Waals surface area contributed by atoms with Crippen molar-refractivity contribution in [2.45, 2.75) is 76.7 Å². The second kappa shape index (κ2) is 12.5. The highest BCUT2D eigenvalue weighted by atomic mass is 16.6. The van der Waals surface area contributed by atoms with Gasteiger partial charge in [0.1, 0.15) is 29.0 Å². The molecule has 228 valence electrons. The summed E-state index contributed by atoms with van der Waals surface area (Å²) in [4.78, 5) is 43.2. The van der Waals surface area contributed by atoms with Crippen LogP contribution in [0, 0.1) is 0 Å². The molecule has 42 heavy (non-hydrogen) atoms. The van der Waals surface area contributed by atoms with E-state index in [1.165, 1.54) is 6.20 Å². The Labute approximate surface area is 248 Å². The number of carbonyl (C=O) groups excluding carboxylic acids is 2. The normalized spacial score (nSPS) is 19.6. The number of benzene rings is 1. The predicted molar refractivity (Wildman–Crippen MR) is 163 cm³/mol. The fourth-order valence-electron chi connectivity index (χ4n) is 5.26. The van der Waals surface area contributed by atoms with Crippen molar-refractivity contribution in [2.75, 3.05) is 49.3 Å². The minimum absolute atomic E-state index is 0. The standard InChI is InChI=1S/C30H41N7O5.H2/c1-30(2,3)42-29(39)37(20-5-6-20)21-7-10-36(18-21)27-17-33-25(16-34-27)28(38)35-24-13-19(15-32-4)23(31)14-26(24)41-22-8-11-40-12-9-22;/h13-17,20-22H,5-12,18,31H2,1-4H3,(H,35,38);1H/t21-;/m1./s1. The molecule has 1 aromatic heterocycles. The molecule has 2 aromatic rings. The highest BCUT2D eigenvalue weighted by Gasteiger charge is 2.42. The molecule has 2 saturated heterocycles. The van der Waals surface area contributed by atoms with Gasteiger partial charge in [-0.15, -0.1) is 0 Å². The number of amides is 2. The van der Waals surface area contributed by atoms with Crippen molar-refractivity contribution >= 4 is 35.4 Å². The van der Waals surface area contributed by atoms with Crippen LogP contribution in [0.3, 0.4) is 0 Å². The highest BCUT2D eigenvalue weighted by Crippen LogP contribution is 2.34. The fourth-order valence-corrected chi connectivity index (χ4v) is 5.26. The van der Waals surface area contributed by atoms with Gasteiger partial charge in [-0.25, -0.2) is 14.8 Å². The summed E-state index contributed by atoms with van der Waals surface area (Å²) in [7, 11) is 1.66. The Bertz CT molecular complexity index is 1310. The molecule has 1 atom stereocenters. The Morgan fingerprint density at radius 2 is 1.90 bits per heavy atom. The zero-order valence-electron chi connectivity index (χ0n) is 24.8. The molecule has 0 spiro atoms.